The Morgan fingerprint density at radius 1 is 1.05 bits per heavy atom. The highest BCUT2D eigenvalue weighted by atomic mass is 16.5. The van der Waals surface area contributed by atoms with Gasteiger partial charge in [0.05, 0.1) is 7.11 Å². The molecule has 1 unspecified atom stereocenters. The zero-order chi connectivity index (χ0) is 27.1. The van der Waals surface area contributed by atoms with Gasteiger partial charge in [-0.25, -0.2) is 9.97 Å². The van der Waals surface area contributed by atoms with Gasteiger partial charge < -0.3 is 15.4 Å². The molecule has 9 nitrogen and oxygen atoms in total. The zero-order valence-corrected chi connectivity index (χ0v) is 22.8. The van der Waals surface area contributed by atoms with Crippen molar-refractivity contribution in [2.45, 2.75) is 70.4 Å². The lowest BCUT2D eigenvalue weighted by molar-refractivity contribution is -0.119. The van der Waals surface area contributed by atoms with E-state index in [1.165, 1.54) is 17.5 Å². The van der Waals surface area contributed by atoms with E-state index in [2.05, 4.69) is 37.8 Å². The number of rotatable bonds is 10. The molecule has 2 N–H and O–H groups in total. The number of carbonyl (C=O) groups is 2. The van der Waals surface area contributed by atoms with Crippen LogP contribution in [-0.2, 0) is 11.2 Å². The third-order valence-electron chi connectivity index (χ3n) is 8.44. The van der Waals surface area contributed by atoms with Crippen LogP contribution in [-0.4, -0.2) is 44.7 Å². The smallest absolute Gasteiger partial charge is 0.270 e. The molecular formula is C30H36N6O3. The Hall–Kier alpha value is -3.75. The van der Waals surface area contributed by atoms with Gasteiger partial charge in [-0.05, 0) is 99.5 Å². The molecule has 2 saturated carbocycles. The Morgan fingerprint density at radius 2 is 1.82 bits per heavy atom. The highest BCUT2D eigenvalue weighted by Gasteiger charge is 2.48. The van der Waals surface area contributed by atoms with Gasteiger partial charge >= 0.3 is 0 Å². The predicted octanol–water partition coefficient (Wildman–Crippen LogP) is 4.51. The molecule has 3 aliphatic rings. The van der Waals surface area contributed by atoms with Crippen molar-refractivity contribution in [2.24, 2.45) is 17.8 Å². The van der Waals surface area contributed by atoms with Crippen molar-refractivity contribution in [1.29, 1.82) is 0 Å². The van der Waals surface area contributed by atoms with Gasteiger partial charge in [-0.3, -0.25) is 14.3 Å². The summed E-state index contributed by atoms with van der Waals surface area (Å²) in [6.45, 7) is 3.98. The SMILES string of the molecule is COc1ncncc1C1CCc2cc(NC(=O)[C@@H](NC(=O)c3ccnn3C(C)C)C(C3CC3)C3CC3)ccc21. The highest BCUT2D eigenvalue weighted by Crippen LogP contribution is 2.51. The van der Waals surface area contributed by atoms with Gasteiger partial charge in [-0.15, -0.1) is 0 Å². The average molecular weight is 529 g/mol. The minimum absolute atomic E-state index is 0.0494. The molecule has 2 heterocycles. The van der Waals surface area contributed by atoms with Gasteiger partial charge in [-0.1, -0.05) is 6.07 Å². The topological polar surface area (TPSA) is 111 Å². The molecule has 6 rings (SSSR count). The molecular weight excluding hydrogens is 492 g/mol. The number of amides is 2. The third-order valence-corrected chi connectivity index (χ3v) is 8.44. The monoisotopic (exact) mass is 528 g/mol. The predicted molar refractivity (Wildman–Crippen MR) is 147 cm³/mol. The fraction of sp³-hybridized carbons (Fsp3) is 0.500. The van der Waals surface area contributed by atoms with E-state index in [1.54, 1.807) is 24.1 Å². The Balaban J connectivity index is 1.23. The molecule has 2 fully saturated rings. The Labute approximate surface area is 228 Å². The molecule has 3 aromatic rings. The number of ether oxygens (including phenoxy) is 1. The molecule has 1 aromatic carbocycles. The Morgan fingerprint density at radius 3 is 2.51 bits per heavy atom. The number of nitrogens with zero attached hydrogens (tertiary/aromatic N) is 4. The number of fused-ring (bicyclic) bond motifs is 1. The first-order chi connectivity index (χ1) is 18.9. The second-order valence-electron chi connectivity index (χ2n) is 11.4. The highest BCUT2D eigenvalue weighted by molar-refractivity contribution is 6.01. The van der Waals surface area contributed by atoms with Gasteiger partial charge in [0.2, 0.25) is 11.8 Å². The molecule has 2 atom stereocenters. The molecule has 2 amide bonds. The fourth-order valence-electron chi connectivity index (χ4n) is 6.33. The van der Waals surface area contributed by atoms with E-state index in [4.69, 9.17) is 4.74 Å². The first-order valence-electron chi connectivity index (χ1n) is 14.1. The van der Waals surface area contributed by atoms with Crippen LogP contribution < -0.4 is 15.4 Å². The van der Waals surface area contributed by atoms with Crippen LogP contribution >= 0.6 is 0 Å². The van der Waals surface area contributed by atoms with Crippen LogP contribution in [0.4, 0.5) is 5.69 Å². The van der Waals surface area contributed by atoms with E-state index in [1.807, 2.05) is 26.1 Å². The average Bonchev–Trinajstić information content (AvgIpc) is 3.86. The summed E-state index contributed by atoms with van der Waals surface area (Å²) in [6.07, 6.45) is 11.3. The maximum absolute atomic E-state index is 13.8. The summed E-state index contributed by atoms with van der Waals surface area (Å²) in [5, 5.41) is 10.6. The van der Waals surface area contributed by atoms with Crippen molar-refractivity contribution in [2.75, 3.05) is 12.4 Å². The largest absolute Gasteiger partial charge is 0.481 e. The van der Waals surface area contributed by atoms with Crippen LogP contribution in [0.25, 0.3) is 0 Å². The maximum Gasteiger partial charge on any atom is 0.270 e. The van der Waals surface area contributed by atoms with Crippen LogP contribution in [0.3, 0.4) is 0 Å². The first kappa shape index (κ1) is 25.5. The number of nitrogens with one attached hydrogen (secondary N) is 2. The van der Waals surface area contributed by atoms with Crippen molar-refractivity contribution in [3.05, 3.63) is 65.4 Å². The number of methoxy groups -OCH3 is 1. The molecule has 0 bridgehead atoms. The van der Waals surface area contributed by atoms with Crippen molar-refractivity contribution in [3.63, 3.8) is 0 Å². The van der Waals surface area contributed by atoms with Gasteiger partial charge in [0.25, 0.3) is 5.91 Å². The van der Waals surface area contributed by atoms with E-state index in [9.17, 15) is 9.59 Å². The Bertz CT molecular complexity index is 1360. The molecule has 204 valence electrons. The number of carbonyl (C=O) groups excluding carboxylic acids is 2. The molecule has 3 aliphatic carbocycles. The van der Waals surface area contributed by atoms with E-state index in [-0.39, 0.29) is 29.7 Å². The third kappa shape index (κ3) is 5.14. The number of hydrogen-bond acceptors (Lipinski definition) is 6. The molecule has 0 spiro atoms. The molecule has 39 heavy (non-hydrogen) atoms. The maximum atomic E-state index is 13.8. The normalized spacial score (nSPS) is 19.2. The van der Waals surface area contributed by atoms with Crippen molar-refractivity contribution in [1.82, 2.24) is 25.1 Å². The standard InChI is InChI=1S/C30H36N6O3/c1-17(2)36-25(12-13-33-36)28(37)35-27(26(18-4-5-18)19-6-7-19)29(38)34-21-9-11-22-20(14-21)8-10-23(22)24-15-31-16-32-30(24)39-3/h9,11-19,23,26-27H,4-8,10H2,1-3H3,(H,34,38)(H,35,37)/t23?,27-/m0/s1. The van der Waals surface area contributed by atoms with Gasteiger partial charge in [0.15, 0.2) is 0 Å². The number of aryl methyl sites for hydroxylation is 1. The van der Waals surface area contributed by atoms with Crippen molar-refractivity contribution < 1.29 is 14.3 Å². The molecule has 9 heteroatoms. The molecule has 2 aromatic heterocycles. The summed E-state index contributed by atoms with van der Waals surface area (Å²) < 4.78 is 7.18. The van der Waals surface area contributed by atoms with Gasteiger partial charge in [0, 0.05) is 35.6 Å². The lowest BCUT2D eigenvalue weighted by Crippen LogP contribution is -2.50. The van der Waals surface area contributed by atoms with E-state index in [0.717, 1.165) is 49.8 Å². The minimum Gasteiger partial charge on any atom is -0.481 e. The fourth-order valence-corrected chi connectivity index (χ4v) is 6.33. The minimum atomic E-state index is -0.584. The summed E-state index contributed by atoms with van der Waals surface area (Å²) >= 11 is 0. The van der Waals surface area contributed by atoms with E-state index >= 15 is 0 Å². The van der Waals surface area contributed by atoms with E-state index < -0.39 is 6.04 Å². The second-order valence-corrected chi connectivity index (χ2v) is 11.4. The number of benzene rings is 1. The summed E-state index contributed by atoms with van der Waals surface area (Å²) in [5.74, 6) is 1.52. The number of hydrogen-bond donors (Lipinski definition) is 2. The van der Waals surface area contributed by atoms with Crippen LogP contribution in [0.15, 0.2) is 43.0 Å². The number of aromatic nitrogens is 4. The Kier molecular flexibility index (Phi) is 6.83. The van der Waals surface area contributed by atoms with Crippen LogP contribution in [0.1, 0.15) is 85.1 Å². The van der Waals surface area contributed by atoms with Crippen LogP contribution in [0, 0.1) is 17.8 Å². The molecule has 0 saturated heterocycles. The number of anilines is 1. The molecule has 0 aliphatic heterocycles. The molecule has 0 radical (unpaired) electrons. The second kappa shape index (κ2) is 10.4. The van der Waals surface area contributed by atoms with Crippen LogP contribution in [0.2, 0.25) is 0 Å². The van der Waals surface area contributed by atoms with Gasteiger partial charge in [-0.2, -0.15) is 5.10 Å². The van der Waals surface area contributed by atoms with Crippen LogP contribution in [0.5, 0.6) is 5.88 Å². The lowest BCUT2D eigenvalue weighted by Gasteiger charge is -2.28. The summed E-state index contributed by atoms with van der Waals surface area (Å²) in [4.78, 5) is 35.7. The first-order valence-corrected chi connectivity index (χ1v) is 14.1. The lowest BCUT2D eigenvalue weighted by atomic mass is 9.88. The van der Waals surface area contributed by atoms with Crippen molar-refractivity contribution in [3.8, 4) is 5.88 Å². The quantitative estimate of drug-likeness (QED) is 0.400. The summed E-state index contributed by atoms with van der Waals surface area (Å²) in [5.41, 5.74) is 4.63. The van der Waals surface area contributed by atoms with E-state index in [0.29, 0.717) is 23.4 Å². The summed E-state index contributed by atoms with van der Waals surface area (Å²) in [6, 6.07) is 7.30. The van der Waals surface area contributed by atoms with Gasteiger partial charge in [0.1, 0.15) is 18.1 Å². The summed E-state index contributed by atoms with van der Waals surface area (Å²) in [7, 11) is 1.63. The zero-order valence-electron chi connectivity index (χ0n) is 22.8. The van der Waals surface area contributed by atoms with Crippen molar-refractivity contribution >= 4 is 17.5 Å².